The lowest BCUT2D eigenvalue weighted by Crippen LogP contribution is -2.37. The summed E-state index contributed by atoms with van der Waals surface area (Å²) >= 11 is 1.48. The maximum atomic E-state index is 12.7. The number of anilines is 1. The first-order chi connectivity index (χ1) is 11.1. The Morgan fingerprint density at radius 2 is 2.09 bits per heavy atom. The molecule has 1 atom stereocenters. The van der Waals surface area contributed by atoms with Crippen LogP contribution in [0.4, 0.5) is 5.69 Å². The van der Waals surface area contributed by atoms with Gasteiger partial charge < -0.3 is 9.47 Å². The van der Waals surface area contributed by atoms with Crippen LogP contribution in [0.1, 0.15) is 37.1 Å². The van der Waals surface area contributed by atoms with Gasteiger partial charge >= 0.3 is 0 Å². The van der Waals surface area contributed by atoms with E-state index in [0.29, 0.717) is 11.7 Å². The quantitative estimate of drug-likeness (QED) is 0.810. The van der Waals surface area contributed by atoms with Crippen LogP contribution in [0.2, 0.25) is 0 Å². The highest BCUT2D eigenvalue weighted by Crippen LogP contribution is 2.39. The second-order valence-electron chi connectivity index (χ2n) is 6.41. The molecule has 1 amide bonds. The van der Waals surface area contributed by atoms with Crippen molar-refractivity contribution in [2.24, 2.45) is 7.05 Å². The van der Waals surface area contributed by atoms with Crippen LogP contribution in [0.3, 0.4) is 0 Å². The van der Waals surface area contributed by atoms with E-state index in [1.165, 1.54) is 30.2 Å². The zero-order chi connectivity index (χ0) is 16.0. The van der Waals surface area contributed by atoms with E-state index in [9.17, 15) is 4.79 Å². The molecule has 0 spiro atoms. The molecule has 2 aromatic rings. The molecule has 4 rings (SSSR count). The Bertz CT molecular complexity index is 753. The lowest BCUT2D eigenvalue weighted by Gasteiger charge is -2.22. The fraction of sp³-hybridized carbons (Fsp3) is 0.471. The summed E-state index contributed by atoms with van der Waals surface area (Å²) in [5.41, 5.74) is 2.32. The van der Waals surface area contributed by atoms with Gasteiger partial charge in [0.2, 0.25) is 5.91 Å². The molecule has 0 N–H and O–H groups in total. The standard InChI is InChI=1S/C17H20N4OS/c1-11-9-13-5-3-4-6-14(13)21(11)15(22)10-23-17-19-18-16(20(17)2)12-7-8-12/h3-6,11-12H,7-10H2,1-2H3/t11-/m1/s1. The third-order valence-electron chi connectivity index (χ3n) is 4.61. The van der Waals surface area contributed by atoms with Crippen molar-refractivity contribution in [1.29, 1.82) is 0 Å². The van der Waals surface area contributed by atoms with Crippen molar-refractivity contribution < 1.29 is 4.79 Å². The number of carbonyl (C=O) groups excluding carboxylic acids is 1. The second kappa shape index (κ2) is 5.67. The molecule has 1 fully saturated rings. The second-order valence-corrected chi connectivity index (χ2v) is 7.35. The van der Waals surface area contributed by atoms with Crippen molar-refractivity contribution in [3.63, 3.8) is 0 Å². The molecule has 0 bridgehead atoms. The smallest absolute Gasteiger partial charge is 0.237 e. The number of thioether (sulfide) groups is 1. The van der Waals surface area contributed by atoms with Crippen LogP contribution in [0.15, 0.2) is 29.4 Å². The number of benzene rings is 1. The van der Waals surface area contributed by atoms with Gasteiger partial charge in [0.15, 0.2) is 5.16 Å². The molecule has 1 saturated carbocycles. The zero-order valence-electron chi connectivity index (χ0n) is 13.4. The Labute approximate surface area is 140 Å². The van der Waals surface area contributed by atoms with E-state index in [1.54, 1.807) is 0 Å². The number of fused-ring (bicyclic) bond motifs is 1. The first-order valence-electron chi connectivity index (χ1n) is 8.07. The molecular weight excluding hydrogens is 308 g/mol. The molecule has 1 aromatic heterocycles. The number of amides is 1. The number of hydrogen-bond acceptors (Lipinski definition) is 4. The van der Waals surface area contributed by atoms with E-state index in [1.807, 2.05) is 34.7 Å². The number of carbonyl (C=O) groups is 1. The van der Waals surface area contributed by atoms with Crippen LogP contribution < -0.4 is 4.90 Å². The molecule has 6 heteroatoms. The summed E-state index contributed by atoms with van der Waals surface area (Å²) in [5.74, 6) is 2.17. The van der Waals surface area contributed by atoms with Gasteiger partial charge in [-0.3, -0.25) is 4.79 Å². The third-order valence-corrected chi connectivity index (χ3v) is 5.62. The van der Waals surface area contributed by atoms with Gasteiger partial charge in [0.05, 0.1) is 5.75 Å². The third kappa shape index (κ3) is 2.65. The Morgan fingerprint density at radius 3 is 2.87 bits per heavy atom. The summed E-state index contributed by atoms with van der Waals surface area (Å²) in [7, 11) is 1.99. The van der Waals surface area contributed by atoms with Gasteiger partial charge in [0.25, 0.3) is 0 Å². The SMILES string of the molecule is C[C@@H]1Cc2ccccc2N1C(=O)CSc1nnc(C2CC2)n1C. The fourth-order valence-corrected chi connectivity index (χ4v) is 4.07. The van der Waals surface area contributed by atoms with Gasteiger partial charge in [0.1, 0.15) is 5.82 Å². The van der Waals surface area contributed by atoms with Crippen LogP contribution >= 0.6 is 11.8 Å². The summed E-state index contributed by atoms with van der Waals surface area (Å²) in [6.45, 7) is 2.11. The molecule has 1 aromatic carbocycles. The number of para-hydroxylation sites is 1. The van der Waals surface area contributed by atoms with E-state index in [4.69, 9.17) is 0 Å². The number of nitrogens with zero attached hydrogens (tertiary/aromatic N) is 4. The van der Waals surface area contributed by atoms with Crippen LogP contribution in [0, 0.1) is 0 Å². The first kappa shape index (κ1) is 14.8. The average molecular weight is 328 g/mol. The lowest BCUT2D eigenvalue weighted by molar-refractivity contribution is -0.116. The Kier molecular flexibility index (Phi) is 3.64. The summed E-state index contributed by atoms with van der Waals surface area (Å²) in [6, 6.07) is 8.40. The fourth-order valence-electron chi connectivity index (χ4n) is 3.29. The average Bonchev–Trinajstić information content (AvgIpc) is 3.23. The minimum Gasteiger partial charge on any atom is -0.309 e. The van der Waals surface area contributed by atoms with Gasteiger partial charge in [0, 0.05) is 24.7 Å². The molecule has 0 radical (unpaired) electrons. The Balaban J connectivity index is 1.46. The van der Waals surface area contributed by atoms with E-state index in [2.05, 4.69) is 23.2 Å². The Hall–Kier alpha value is -1.82. The first-order valence-corrected chi connectivity index (χ1v) is 9.05. The summed E-state index contributed by atoms with van der Waals surface area (Å²) in [5, 5.41) is 9.35. The minimum atomic E-state index is 0.142. The highest BCUT2D eigenvalue weighted by atomic mass is 32.2. The van der Waals surface area contributed by atoms with Crippen molar-refractivity contribution in [2.75, 3.05) is 10.7 Å². The normalized spacial score (nSPS) is 19.9. The highest BCUT2D eigenvalue weighted by molar-refractivity contribution is 7.99. The van der Waals surface area contributed by atoms with Crippen molar-refractivity contribution in [3.8, 4) is 0 Å². The van der Waals surface area contributed by atoms with Crippen LogP contribution in [0.5, 0.6) is 0 Å². The molecule has 1 aliphatic carbocycles. The number of rotatable bonds is 4. The topological polar surface area (TPSA) is 51.0 Å². The van der Waals surface area contributed by atoms with Crippen molar-refractivity contribution in [3.05, 3.63) is 35.7 Å². The number of aromatic nitrogens is 3. The molecule has 0 saturated heterocycles. The molecule has 2 aliphatic rings. The zero-order valence-corrected chi connectivity index (χ0v) is 14.2. The monoisotopic (exact) mass is 328 g/mol. The molecule has 5 nitrogen and oxygen atoms in total. The molecule has 23 heavy (non-hydrogen) atoms. The molecule has 120 valence electrons. The molecule has 2 heterocycles. The van der Waals surface area contributed by atoms with E-state index < -0.39 is 0 Å². The van der Waals surface area contributed by atoms with E-state index in [0.717, 1.165) is 23.1 Å². The van der Waals surface area contributed by atoms with E-state index in [-0.39, 0.29) is 11.9 Å². The lowest BCUT2D eigenvalue weighted by atomic mass is 10.1. The van der Waals surface area contributed by atoms with Crippen LogP contribution in [0.25, 0.3) is 0 Å². The van der Waals surface area contributed by atoms with Crippen molar-refractivity contribution in [2.45, 2.75) is 43.3 Å². The van der Waals surface area contributed by atoms with Crippen LogP contribution in [-0.4, -0.2) is 32.5 Å². The maximum absolute atomic E-state index is 12.7. The Morgan fingerprint density at radius 1 is 1.30 bits per heavy atom. The molecule has 0 unspecified atom stereocenters. The predicted molar refractivity (Wildman–Crippen MR) is 90.8 cm³/mol. The van der Waals surface area contributed by atoms with Crippen molar-refractivity contribution >= 4 is 23.4 Å². The van der Waals surface area contributed by atoms with Crippen molar-refractivity contribution in [1.82, 2.24) is 14.8 Å². The summed E-state index contributed by atoms with van der Waals surface area (Å²) in [4.78, 5) is 14.6. The van der Waals surface area contributed by atoms with Gasteiger partial charge in [-0.25, -0.2) is 0 Å². The molecule has 1 aliphatic heterocycles. The van der Waals surface area contributed by atoms with Crippen LogP contribution in [-0.2, 0) is 18.3 Å². The van der Waals surface area contributed by atoms with Gasteiger partial charge in [-0.05, 0) is 37.8 Å². The van der Waals surface area contributed by atoms with Gasteiger partial charge in [-0.2, -0.15) is 0 Å². The maximum Gasteiger partial charge on any atom is 0.237 e. The van der Waals surface area contributed by atoms with E-state index >= 15 is 0 Å². The summed E-state index contributed by atoms with van der Waals surface area (Å²) in [6.07, 6.45) is 3.34. The number of hydrogen-bond donors (Lipinski definition) is 0. The summed E-state index contributed by atoms with van der Waals surface area (Å²) < 4.78 is 2.04. The largest absolute Gasteiger partial charge is 0.309 e. The van der Waals surface area contributed by atoms with Gasteiger partial charge in [-0.1, -0.05) is 30.0 Å². The minimum absolute atomic E-state index is 0.142. The molecular formula is C17H20N4OS. The highest BCUT2D eigenvalue weighted by Gasteiger charge is 2.32. The van der Waals surface area contributed by atoms with Gasteiger partial charge in [-0.15, -0.1) is 10.2 Å². The predicted octanol–water partition coefficient (Wildman–Crippen LogP) is 2.76.